The van der Waals surface area contributed by atoms with Crippen molar-refractivity contribution in [3.05, 3.63) is 64.1 Å². The first-order valence-electron chi connectivity index (χ1n) is 6.80. The third kappa shape index (κ3) is 4.35. The molecule has 3 nitrogen and oxygen atoms in total. The molecular formula is C16H16BrF2N2O+. The van der Waals surface area contributed by atoms with E-state index in [-0.39, 0.29) is 18.5 Å². The molecule has 116 valence electrons. The second-order valence-electron chi connectivity index (χ2n) is 4.93. The summed E-state index contributed by atoms with van der Waals surface area (Å²) >= 11 is 3.35. The summed E-state index contributed by atoms with van der Waals surface area (Å²) in [6.07, 6.45) is 0. The second kappa shape index (κ2) is 7.47. The molecule has 0 saturated carbocycles. The predicted octanol–water partition coefficient (Wildman–Crippen LogP) is 2.99. The molecule has 0 aliphatic carbocycles. The lowest BCUT2D eigenvalue weighted by Gasteiger charge is -2.12. The molecule has 3 N–H and O–H groups in total. The number of hydrogen-bond donors (Lipinski definition) is 2. The number of hydrogen-bond acceptors (Lipinski definition) is 1. The van der Waals surface area contributed by atoms with Gasteiger partial charge in [0.05, 0.1) is 5.69 Å². The van der Waals surface area contributed by atoms with Gasteiger partial charge in [-0.25, -0.2) is 8.78 Å². The molecular weight excluding hydrogens is 354 g/mol. The largest absolute Gasteiger partial charge is 0.333 e. The van der Waals surface area contributed by atoms with Gasteiger partial charge in [-0.15, -0.1) is 0 Å². The lowest BCUT2D eigenvalue weighted by Crippen LogP contribution is -2.86. The van der Waals surface area contributed by atoms with Crippen molar-refractivity contribution in [1.29, 1.82) is 0 Å². The van der Waals surface area contributed by atoms with Gasteiger partial charge in [0.1, 0.15) is 6.04 Å². The topological polar surface area (TPSA) is 45.7 Å². The molecule has 6 heteroatoms. The maximum atomic E-state index is 13.2. The Kier molecular flexibility index (Phi) is 5.63. The average Bonchev–Trinajstić information content (AvgIpc) is 2.50. The van der Waals surface area contributed by atoms with E-state index in [9.17, 15) is 13.6 Å². The number of benzene rings is 2. The van der Waals surface area contributed by atoms with Crippen LogP contribution in [0.25, 0.3) is 0 Å². The van der Waals surface area contributed by atoms with Crippen molar-refractivity contribution in [2.45, 2.75) is 13.0 Å². The third-order valence-corrected chi connectivity index (χ3v) is 3.97. The summed E-state index contributed by atoms with van der Waals surface area (Å²) in [7, 11) is 0. The smallest absolute Gasteiger partial charge is 0.279 e. The Morgan fingerprint density at radius 3 is 2.64 bits per heavy atom. The molecule has 0 bridgehead atoms. The molecule has 2 aromatic carbocycles. The number of carbonyl (C=O) groups is 1. The second-order valence-corrected chi connectivity index (χ2v) is 5.78. The van der Waals surface area contributed by atoms with Crippen LogP contribution in [0.15, 0.2) is 46.9 Å². The zero-order valence-corrected chi connectivity index (χ0v) is 13.5. The van der Waals surface area contributed by atoms with Gasteiger partial charge in [0.15, 0.2) is 18.2 Å². The molecule has 0 unspecified atom stereocenters. The maximum Gasteiger partial charge on any atom is 0.279 e. The summed E-state index contributed by atoms with van der Waals surface area (Å²) in [4.78, 5) is 11.9. The van der Waals surface area contributed by atoms with Crippen LogP contribution < -0.4 is 10.6 Å². The Morgan fingerprint density at radius 2 is 1.95 bits per heavy atom. The van der Waals surface area contributed by atoms with Gasteiger partial charge in [0, 0.05) is 10.0 Å². The fraction of sp³-hybridized carbons (Fsp3) is 0.188. The van der Waals surface area contributed by atoms with Crippen molar-refractivity contribution < 1.29 is 18.9 Å². The summed E-state index contributed by atoms with van der Waals surface area (Å²) in [6.45, 7) is 2.01. The van der Waals surface area contributed by atoms with E-state index in [1.165, 1.54) is 6.07 Å². The Bertz CT molecular complexity index is 679. The highest BCUT2D eigenvalue weighted by Gasteiger charge is 2.14. The number of halogens is 3. The number of carbonyl (C=O) groups excluding carboxylic acids is 1. The van der Waals surface area contributed by atoms with E-state index in [1.54, 1.807) is 11.4 Å². The first-order valence-corrected chi connectivity index (χ1v) is 7.59. The number of nitrogens with two attached hydrogens (primary N) is 1. The molecule has 0 aromatic heterocycles. The van der Waals surface area contributed by atoms with Crippen molar-refractivity contribution in [1.82, 2.24) is 0 Å². The fourth-order valence-corrected chi connectivity index (χ4v) is 2.36. The third-order valence-electron chi connectivity index (χ3n) is 3.27. The van der Waals surface area contributed by atoms with E-state index in [1.807, 2.05) is 25.1 Å². The van der Waals surface area contributed by atoms with Gasteiger partial charge in [-0.3, -0.25) is 4.79 Å². The summed E-state index contributed by atoms with van der Waals surface area (Å²) in [5.74, 6) is -1.92. The number of anilines is 1. The number of nitrogens with one attached hydrogen (secondary N) is 1. The first kappa shape index (κ1) is 16.6. The molecule has 2 aromatic rings. The summed E-state index contributed by atoms with van der Waals surface area (Å²) in [6, 6.07) is 10.9. The van der Waals surface area contributed by atoms with Crippen LogP contribution in [-0.4, -0.2) is 12.5 Å². The first-order chi connectivity index (χ1) is 10.5. The van der Waals surface area contributed by atoms with Crippen LogP contribution in [0.4, 0.5) is 14.5 Å². The molecule has 0 radical (unpaired) electrons. The van der Waals surface area contributed by atoms with Crippen molar-refractivity contribution in [2.24, 2.45) is 0 Å². The zero-order valence-electron chi connectivity index (χ0n) is 11.9. The van der Waals surface area contributed by atoms with Gasteiger partial charge < -0.3 is 10.6 Å². The van der Waals surface area contributed by atoms with Crippen LogP contribution in [0.5, 0.6) is 0 Å². The normalized spacial score (nSPS) is 12.0. The minimum absolute atomic E-state index is 0.153. The van der Waals surface area contributed by atoms with Gasteiger partial charge >= 0.3 is 0 Å². The predicted molar refractivity (Wildman–Crippen MR) is 84.3 cm³/mol. The van der Waals surface area contributed by atoms with E-state index in [2.05, 4.69) is 21.2 Å². The zero-order chi connectivity index (χ0) is 16.1. The summed E-state index contributed by atoms with van der Waals surface area (Å²) in [5, 5.41) is 4.55. The number of rotatable bonds is 5. The van der Waals surface area contributed by atoms with Gasteiger partial charge in [-0.05, 0) is 53.2 Å². The van der Waals surface area contributed by atoms with E-state index >= 15 is 0 Å². The quantitative estimate of drug-likeness (QED) is 0.835. The lowest BCUT2D eigenvalue weighted by atomic mass is 10.1. The summed E-state index contributed by atoms with van der Waals surface area (Å²) in [5.41, 5.74) is 1.33. The molecule has 0 saturated heterocycles. The van der Waals surface area contributed by atoms with Crippen molar-refractivity contribution in [3.8, 4) is 0 Å². The van der Waals surface area contributed by atoms with Gasteiger partial charge in [-0.1, -0.05) is 12.1 Å². The Balaban J connectivity index is 1.90. The highest BCUT2D eigenvalue weighted by Crippen LogP contribution is 2.20. The van der Waals surface area contributed by atoms with Crippen molar-refractivity contribution in [3.63, 3.8) is 0 Å². The minimum Gasteiger partial charge on any atom is -0.333 e. The number of para-hydroxylation sites is 1. The van der Waals surface area contributed by atoms with Gasteiger partial charge in [0.2, 0.25) is 0 Å². The minimum atomic E-state index is -0.879. The SMILES string of the molecule is C[C@H]([NH2+]CC(=O)Nc1ccccc1Br)c1ccc(F)c(F)c1. The lowest BCUT2D eigenvalue weighted by molar-refractivity contribution is -0.682. The molecule has 0 fully saturated rings. The monoisotopic (exact) mass is 369 g/mol. The van der Waals surface area contributed by atoms with Gasteiger partial charge in [-0.2, -0.15) is 0 Å². The molecule has 0 heterocycles. The molecule has 0 aliphatic rings. The van der Waals surface area contributed by atoms with Crippen LogP contribution in [-0.2, 0) is 4.79 Å². The molecule has 1 atom stereocenters. The summed E-state index contributed by atoms with van der Waals surface area (Å²) < 4.78 is 26.9. The maximum absolute atomic E-state index is 13.2. The van der Waals surface area contributed by atoms with E-state index in [0.717, 1.165) is 16.6 Å². The molecule has 0 spiro atoms. The van der Waals surface area contributed by atoms with Gasteiger partial charge in [0.25, 0.3) is 5.91 Å². The molecule has 1 amide bonds. The van der Waals surface area contributed by atoms with Crippen LogP contribution in [0.2, 0.25) is 0 Å². The highest BCUT2D eigenvalue weighted by atomic mass is 79.9. The van der Waals surface area contributed by atoms with Crippen LogP contribution in [0.3, 0.4) is 0 Å². The van der Waals surface area contributed by atoms with E-state index in [0.29, 0.717) is 11.3 Å². The molecule has 2 rings (SSSR count). The highest BCUT2D eigenvalue weighted by molar-refractivity contribution is 9.10. The standard InChI is InChI=1S/C16H15BrF2N2O/c1-10(11-6-7-13(18)14(19)8-11)20-9-16(22)21-15-5-3-2-4-12(15)17/h2-8,10,20H,9H2,1H3,(H,21,22)/p+1/t10-/m0/s1. The average molecular weight is 370 g/mol. The van der Waals surface area contributed by atoms with E-state index in [4.69, 9.17) is 0 Å². The fourth-order valence-electron chi connectivity index (χ4n) is 1.98. The number of quaternary nitrogens is 1. The van der Waals surface area contributed by atoms with Crippen LogP contribution in [0.1, 0.15) is 18.5 Å². The van der Waals surface area contributed by atoms with Crippen LogP contribution >= 0.6 is 15.9 Å². The molecule has 0 aliphatic heterocycles. The Hall–Kier alpha value is -1.79. The van der Waals surface area contributed by atoms with E-state index < -0.39 is 11.6 Å². The number of amides is 1. The van der Waals surface area contributed by atoms with Crippen molar-refractivity contribution >= 4 is 27.5 Å². The van der Waals surface area contributed by atoms with Crippen molar-refractivity contribution in [2.75, 3.05) is 11.9 Å². The Labute approximate surface area is 135 Å². The van der Waals surface area contributed by atoms with Crippen LogP contribution in [0, 0.1) is 11.6 Å². The molecule has 22 heavy (non-hydrogen) atoms. The Morgan fingerprint density at radius 1 is 1.23 bits per heavy atom.